The molecule has 1 unspecified atom stereocenters. The average Bonchev–Trinajstić information content (AvgIpc) is 3.78. The van der Waals surface area contributed by atoms with Gasteiger partial charge in [0.2, 0.25) is 23.6 Å². The summed E-state index contributed by atoms with van der Waals surface area (Å²) in [6.45, 7) is 8.70. The molecule has 3 aromatic rings. The number of carbonyl (C=O) groups is 4. The topological polar surface area (TPSA) is 136 Å². The van der Waals surface area contributed by atoms with E-state index in [1.165, 1.54) is 12.0 Å². The molecule has 4 amide bonds. The molecule has 0 bridgehead atoms. The Morgan fingerprint density at radius 2 is 1.81 bits per heavy atom. The number of likely N-dealkylation sites (tertiary alicyclic amines) is 1. The summed E-state index contributed by atoms with van der Waals surface area (Å²) in [7, 11) is 1.54. The number of ether oxygens (including phenoxy) is 1. The van der Waals surface area contributed by atoms with Crippen molar-refractivity contribution in [1.29, 1.82) is 0 Å². The van der Waals surface area contributed by atoms with E-state index in [0.29, 0.717) is 66.1 Å². The molecular weight excluding hydrogens is 615 g/mol. The smallest absolute Gasteiger partial charge is 0.247 e. The van der Waals surface area contributed by atoms with Crippen molar-refractivity contribution in [3.05, 3.63) is 60.2 Å². The first-order valence-corrected chi connectivity index (χ1v) is 16.6. The Bertz CT molecular complexity index is 1700. The highest BCUT2D eigenvalue weighted by Crippen LogP contribution is 2.32. The Kier molecular flexibility index (Phi) is 10.7. The van der Waals surface area contributed by atoms with Crippen molar-refractivity contribution < 1.29 is 28.3 Å². The fourth-order valence-electron chi connectivity index (χ4n) is 6.37. The van der Waals surface area contributed by atoms with Gasteiger partial charge in [-0.05, 0) is 61.6 Å². The van der Waals surface area contributed by atoms with Gasteiger partial charge in [-0.15, -0.1) is 0 Å². The predicted molar refractivity (Wildman–Crippen MR) is 183 cm³/mol. The first-order chi connectivity index (χ1) is 23.0. The second kappa shape index (κ2) is 14.9. The van der Waals surface area contributed by atoms with Crippen LogP contribution in [0, 0.1) is 17.7 Å². The Labute approximate surface area is 280 Å². The Balaban J connectivity index is 1.22. The fraction of sp³-hybridized carbons (Fsp3) is 0.444. The van der Waals surface area contributed by atoms with E-state index < -0.39 is 17.9 Å². The molecule has 0 spiro atoms. The predicted octanol–water partition coefficient (Wildman–Crippen LogP) is 5.22. The van der Waals surface area contributed by atoms with Crippen molar-refractivity contribution >= 4 is 45.9 Å². The third-order valence-electron chi connectivity index (χ3n) is 8.78. The minimum atomic E-state index is -0.540. The Morgan fingerprint density at radius 3 is 2.48 bits per heavy atom. The average molecular weight is 661 g/mol. The highest BCUT2D eigenvalue weighted by Gasteiger charge is 2.35. The summed E-state index contributed by atoms with van der Waals surface area (Å²) in [6.07, 6.45) is 4.30. The molecule has 4 N–H and O–H groups in total. The molecule has 3 atom stereocenters. The molecule has 12 heteroatoms. The summed E-state index contributed by atoms with van der Waals surface area (Å²) >= 11 is 0. The van der Waals surface area contributed by atoms with Crippen LogP contribution in [-0.4, -0.2) is 77.2 Å². The van der Waals surface area contributed by atoms with Crippen LogP contribution < -0.4 is 16.0 Å². The second-order valence-corrected chi connectivity index (χ2v) is 13.0. The molecular formula is C36H45FN6O5. The molecule has 3 heterocycles. The summed E-state index contributed by atoms with van der Waals surface area (Å²) in [6, 6.07) is 10.7. The van der Waals surface area contributed by atoms with E-state index in [-0.39, 0.29) is 47.7 Å². The van der Waals surface area contributed by atoms with E-state index in [2.05, 4.69) is 20.9 Å². The Morgan fingerprint density at radius 1 is 1.08 bits per heavy atom. The van der Waals surface area contributed by atoms with Crippen molar-refractivity contribution in [2.75, 3.05) is 37.4 Å². The maximum absolute atomic E-state index is 15.7. The molecule has 5 rings (SSSR count). The van der Waals surface area contributed by atoms with E-state index in [9.17, 15) is 19.2 Å². The van der Waals surface area contributed by atoms with Gasteiger partial charge >= 0.3 is 0 Å². The Hall–Kier alpha value is -4.87. The number of anilines is 2. The summed E-state index contributed by atoms with van der Waals surface area (Å²) < 4.78 is 20.9. The number of aromatic amines is 1. The summed E-state index contributed by atoms with van der Waals surface area (Å²) in [5.74, 6) is -0.614. The lowest BCUT2D eigenvalue weighted by Gasteiger charge is -2.27. The molecule has 256 valence electrons. The van der Waals surface area contributed by atoms with E-state index in [0.717, 1.165) is 6.42 Å². The normalized spacial score (nSPS) is 18.9. The van der Waals surface area contributed by atoms with Crippen LogP contribution in [0.3, 0.4) is 0 Å². The largest absolute Gasteiger partial charge is 0.483 e. The lowest BCUT2D eigenvalue weighted by Crippen LogP contribution is -2.49. The number of rotatable bonds is 12. The molecule has 0 aliphatic carbocycles. The highest BCUT2D eigenvalue weighted by molar-refractivity contribution is 6.00. The van der Waals surface area contributed by atoms with Gasteiger partial charge < -0.3 is 35.5 Å². The number of fused-ring (bicyclic) bond motifs is 1. The molecule has 1 fully saturated rings. The van der Waals surface area contributed by atoms with Gasteiger partial charge in [-0.3, -0.25) is 19.2 Å². The number of nitrogens with one attached hydrogen (secondary N) is 4. The van der Waals surface area contributed by atoms with Crippen LogP contribution in [0.4, 0.5) is 15.8 Å². The van der Waals surface area contributed by atoms with Gasteiger partial charge in [0.1, 0.15) is 12.1 Å². The molecule has 0 radical (unpaired) electrons. The van der Waals surface area contributed by atoms with E-state index in [1.54, 1.807) is 47.4 Å². The zero-order valence-electron chi connectivity index (χ0n) is 28.2. The van der Waals surface area contributed by atoms with Gasteiger partial charge in [-0.2, -0.15) is 0 Å². The third-order valence-corrected chi connectivity index (χ3v) is 8.78. The van der Waals surface area contributed by atoms with Gasteiger partial charge in [-0.25, -0.2) is 4.39 Å². The number of halogens is 1. The first-order valence-electron chi connectivity index (χ1n) is 16.6. The van der Waals surface area contributed by atoms with Crippen molar-refractivity contribution in [1.82, 2.24) is 20.1 Å². The molecule has 2 aliphatic heterocycles. The van der Waals surface area contributed by atoms with Gasteiger partial charge in [0.05, 0.1) is 19.3 Å². The van der Waals surface area contributed by atoms with Crippen molar-refractivity contribution in [3.8, 4) is 11.3 Å². The van der Waals surface area contributed by atoms with Crippen LogP contribution in [0.1, 0.15) is 53.4 Å². The SMILES string of the molecule is CCCN(CC(=O)Nc1ccc(-c2[nH]c3ccc(NC(=O)[C@@H]4CCCN4C(=O)CC(C)C)cc3c2F)cc1)C(=O)[C@H]1NC(OC)=CC1C. The quantitative estimate of drug-likeness (QED) is 0.210. The summed E-state index contributed by atoms with van der Waals surface area (Å²) in [5.41, 5.74) is 2.37. The monoisotopic (exact) mass is 660 g/mol. The minimum Gasteiger partial charge on any atom is -0.483 e. The molecule has 2 aromatic carbocycles. The summed E-state index contributed by atoms with van der Waals surface area (Å²) in [4.78, 5) is 58.3. The zero-order chi connectivity index (χ0) is 34.5. The number of benzene rings is 2. The van der Waals surface area contributed by atoms with Gasteiger partial charge in [0.15, 0.2) is 11.7 Å². The number of aromatic nitrogens is 1. The minimum absolute atomic E-state index is 0.0238. The van der Waals surface area contributed by atoms with Crippen LogP contribution in [0.15, 0.2) is 54.4 Å². The molecule has 1 saturated heterocycles. The van der Waals surface area contributed by atoms with Crippen LogP contribution >= 0.6 is 0 Å². The van der Waals surface area contributed by atoms with Crippen molar-refractivity contribution in [2.24, 2.45) is 11.8 Å². The zero-order valence-corrected chi connectivity index (χ0v) is 28.2. The van der Waals surface area contributed by atoms with E-state index in [1.807, 2.05) is 33.8 Å². The summed E-state index contributed by atoms with van der Waals surface area (Å²) in [5, 5.41) is 9.10. The van der Waals surface area contributed by atoms with Gasteiger partial charge in [0.25, 0.3) is 0 Å². The third kappa shape index (κ3) is 7.64. The van der Waals surface area contributed by atoms with Crippen molar-refractivity contribution in [2.45, 2.75) is 65.5 Å². The van der Waals surface area contributed by atoms with Crippen LogP contribution in [-0.2, 0) is 23.9 Å². The van der Waals surface area contributed by atoms with Gasteiger partial charge in [-0.1, -0.05) is 39.8 Å². The number of nitrogens with zero attached hydrogens (tertiary/aromatic N) is 2. The maximum Gasteiger partial charge on any atom is 0.247 e. The number of carbonyl (C=O) groups excluding carboxylic acids is 4. The number of methoxy groups -OCH3 is 1. The number of hydrogen-bond donors (Lipinski definition) is 4. The molecule has 1 aromatic heterocycles. The molecule has 2 aliphatic rings. The lowest BCUT2D eigenvalue weighted by molar-refractivity contribution is -0.137. The molecule has 11 nitrogen and oxygen atoms in total. The number of H-pyrrole nitrogens is 1. The van der Waals surface area contributed by atoms with Crippen molar-refractivity contribution in [3.63, 3.8) is 0 Å². The van der Waals surface area contributed by atoms with Crippen LogP contribution in [0.25, 0.3) is 22.2 Å². The van der Waals surface area contributed by atoms with Crippen LogP contribution in [0.5, 0.6) is 0 Å². The van der Waals surface area contributed by atoms with Gasteiger partial charge in [0, 0.05) is 53.3 Å². The molecule has 48 heavy (non-hydrogen) atoms. The lowest BCUT2D eigenvalue weighted by atomic mass is 10.0. The molecule has 0 saturated carbocycles. The standard InChI is InChI=1S/C36H45FN6O5/c1-6-15-42(36(47)33-22(4)18-30(41-33)48-5)20-29(44)38-24-11-9-23(10-12-24)34-32(37)26-19-25(13-14-27(26)40-34)39-35(46)28-8-7-16-43(28)31(45)17-21(2)3/h9-14,18-19,21-22,28,33,40-41H,6-8,15-17,20H2,1-5H3,(H,38,44)(H,39,46)/t22?,28-,33-/m0/s1. The fourth-order valence-corrected chi connectivity index (χ4v) is 6.37. The number of hydrogen-bond acceptors (Lipinski definition) is 6. The number of amides is 4. The van der Waals surface area contributed by atoms with Crippen LogP contribution in [0.2, 0.25) is 0 Å². The maximum atomic E-state index is 15.7. The second-order valence-electron chi connectivity index (χ2n) is 13.0. The van der Waals surface area contributed by atoms with E-state index in [4.69, 9.17) is 4.74 Å². The van der Waals surface area contributed by atoms with E-state index >= 15 is 4.39 Å². The first kappa shape index (κ1) is 34.5. The highest BCUT2D eigenvalue weighted by atomic mass is 19.1.